The molecule has 3 rings (SSSR count). The first-order valence-electron chi connectivity index (χ1n) is 7.76. The van der Waals surface area contributed by atoms with Gasteiger partial charge in [-0.1, -0.05) is 11.6 Å². The zero-order valence-electron chi connectivity index (χ0n) is 12.9. The Bertz CT molecular complexity index is 717. The molecule has 23 heavy (non-hydrogen) atoms. The third kappa shape index (κ3) is 4.44. The van der Waals surface area contributed by atoms with Crippen LogP contribution >= 0.6 is 24.0 Å². The summed E-state index contributed by atoms with van der Waals surface area (Å²) in [7, 11) is 0. The van der Waals surface area contributed by atoms with E-state index in [-0.39, 0.29) is 18.0 Å². The molecule has 126 valence electrons. The molecule has 3 heterocycles. The van der Waals surface area contributed by atoms with E-state index in [0.29, 0.717) is 16.6 Å². The molecular formula is C16H22Cl2N4O. The lowest BCUT2D eigenvalue weighted by Gasteiger charge is -2.32. The van der Waals surface area contributed by atoms with Crippen LogP contribution in [0.4, 0.5) is 0 Å². The summed E-state index contributed by atoms with van der Waals surface area (Å²) in [6.45, 7) is 3.56. The molecule has 0 amide bonds. The number of pyridine rings is 1. The van der Waals surface area contributed by atoms with Crippen LogP contribution in [-0.2, 0) is 6.54 Å². The molecule has 0 bridgehead atoms. The van der Waals surface area contributed by atoms with Gasteiger partial charge in [0.25, 0.3) is 5.56 Å². The number of piperidine rings is 1. The van der Waals surface area contributed by atoms with Gasteiger partial charge in [-0.15, -0.1) is 12.4 Å². The Balaban J connectivity index is 0.00000192. The van der Waals surface area contributed by atoms with E-state index in [2.05, 4.69) is 9.88 Å². The first-order valence-corrected chi connectivity index (χ1v) is 8.14. The van der Waals surface area contributed by atoms with Crippen LogP contribution in [0.5, 0.6) is 0 Å². The van der Waals surface area contributed by atoms with Crippen LogP contribution < -0.4 is 11.3 Å². The summed E-state index contributed by atoms with van der Waals surface area (Å²) in [5, 5.41) is 0.532. The highest BCUT2D eigenvalue weighted by Gasteiger charge is 2.20. The van der Waals surface area contributed by atoms with E-state index in [1.165, 1.54) is 17.2 Å². The quantitative estimate of drug-likeness (QED) is 0.912. The van der Waals surface area contributed by atoms with Gasteiger partial charge in [-0.3, -0.25) is 14.1 Å². The van der Waals surface area contributed by atoms with Gasteiger partial charge in [0.15, 0.2) is 0 Å². The second-order valence-corrected chi connectivity index (χ2v) is 6.42. The molecule has 5 nitrogen and oxygen atoms in total. The van der Waals surface area contributed by atoms with Crippen LogP contribution in [0.2, 0.25) is 5.02 Å². The van der Waals surface area contributed by atoms with Gasteiger partial charge in [-0.2, -0.15) is 0 Å². The van der Waals surface area contributed by atoms with Crippen LogP contribution in [-0.4, -0.2) is 33.9 Å². The highest BCUT2D eigenvalue weighted by atomic mass is 35.5. The average Bonchev–Trinajstić information content (AvgIpc) is 2.49. The van der Waals surface area contributed by atoms with E-state index < -0.39 is 0 Å². The van der Waals surface area contributed by atoms with Crippen molar-refractivity contribution in [2.24, 2.45) is 11.7 Å². The molecular weight excluding hydrogens is 335 g/mol. The van der Waals surface area contributed by atoms with Gasteiger partial charge in [0.05, 0.1) is 10.7 Å². The number of nitrogens with two attached hydrogens (primary N) is 1. The Labute approximate surface area is 146 Å². The molecule has 1 aliphatic heterocycles. The standard InChI is InChI=1S/C16H21ClN4O.ClH/c17-13-3-4-15-19-14(8-16(22)21(15)10-13)11-20-7-1-2-12(9-20)5-6-18;/h3-4,8,10,12H,1-2,5-7,9,11,18H2;1H. The van der Waals surface area contributed by atoms with Gasteiger partial charge in [0.1, 0.15) is 5.65 Å². The lowest BCUT2D eigenvalue weighted by Crippen LogP contribution is -2.36. The maximum absolute atomic E-state index is 12.2. The molecule has 2 aromatic rings. The average molecular weight is 357 g/mol. The predicted molar refractivity (Wildman–Crippen MR) is 95.4 cm³/mol. The van der Waals surface area contributed by atoms with Crippen molar-refractivity contribution in [1.29, 1.82) is 0 Å². The molecule has 1 atom stereocenters. The van der Waals surface area contributed by atoms with Crippen LogP contribution in [0.3, 0.4) is 0 Å². The molecule has 1 saturated heterocycles. The monoisotopic (exact) mass is 356 g/mol. The lowest BCUT2D eigenvalue weighted by molar-refractivity contribution is 0.161. The molecule has 1 aliphatic rings. The van der Waals surface area contributed by atoms with E-state index in [0.717, 1.165) is 38.3 Å². The second kappa shape index (κ2) is 8.11. The van der Waals surface area contributed by atoms with Crippen molar-refractivity contribution >= 4 is 29.7 Å². The molecule has 1 fully saturated rings. The number of rotatable bonds is 4. The number of likely N-dealkylation sites (tertiary alicyclic amines) is 1. The smallest absolute Gasteiger partial charge is 0.258 e. The highest BCUT2D eigenvalue weighted by Crippen LogP contribution is 2.20. The summed E-state index contributed by atoms with van der Waals surface area (Å²) in [6.07, 6.45) is 5.11. The highest BCUT2D eigenvalue weighted by molar-refractivity contribution is 6.30. The van der Waals surface area contributed by atoms with Gasteiger partial charge in [0.2, 0.25) is 0 Å². The summed E-state index contributed by atoms with van der Waals surface area (Å²) < 4.78 is 1.49. The topological polar surface area (TPSA) is 63.6 Å². The van der Waals surface area contributed by atoms with Gasteiger partial charge >= 0.3 is 0 Å². The van der Waals surface area contributed by atoms with Crippen molar-refractivity contribution in [3.8, 4) is 0 Å². The Hall–Kier alpha value is -1.14. The minimum atomic E-state index is -0.0852. The van der Waals surface area contributed by atoms with Crippen molar-refractivity contribution in [2.75, 3.05) is 19.6 Å². The van der Waals surface area contributed by atoms with Crippen molar-refractivity contribution in [2.45, 2.75) is 25.8 Å². The third-order valence-corrected chi connectivity index (χ3v) is 4.46. The van der Waals surface area contributed by atoms with Crippen LogP contribution in [0.25, 0.3) is 5.65 Å². The Kier molecular flexibility index (Phi) is 6.41. The Morgan fingerprint density at radius 2 is 2.22 bits per heavy atom. The molecule has 7 heteroatoms. The fourth-order valence-electron chi connectivity index (χ4n) is 3.20. The molecule has 2 aromatic heterocycles. The van der Waals surface area contributed by atoms with Crippen LogP contribution in [0, 0.1) is 5.92 Å². The van der Waals surface area contributed by atoms with E-state index in [9.17, 15) is 4.79 Å². The Morgan fingerprint density at radius 3 is 3.00 bits per heavy atom. The van der Waals surface area contributed by atoms with E-state index in [4.69, 9.17) is 17.3 Å². The molecule has 0 radical (unpaired) electrons. The first kappa shape index (κ1) is 18.2. The van der Waals surface area contributed by atoms with E-state index in [1.54, 1.807) is 24.4 Å². The number of hydrogen-bond acceptors (Lipinski definition) is 4. The summed E-state index contributed by atoms with van der Waals surface area (Å²) >= 11 is 5.93. The summed E-state index contributed by atoms with van der Waals surface area (Å²) in [5.74, 6) is 0.666. The molecule has 0 saturated carbocycles. The molecule has 0 aromatic carbocycles. The second-order valence-electron chi connectivity index (χ2n) is 5.98. The maximum Gasteiger partial charge on any atom is 0.258 e. The van der Waals surface area contributed by atoms with Gasteiger partial charge in [0, 0.05) is 25.4 Å². The van der Waals surface area contributed by atoms with Crippen LogP contribution in [0.1, 0.15) is 25.0 Å². The zero-order valence-corrected chi connectivity index (χ0v) is 14.5. The van der Waals surface area contributed by atoms with Crippen molar-refractivity contribution < 1.29 is 0 Å². The zero-order chi connectivity index (χ0) is 15.5. The number of nitrogens with zero attached hydrogens (tertiary/aromatic N) is 3. The maximum atomic E-state index is 12.2. The van der Waals surface area contributed by atoms with Crippen molar-refractivity contribution in [1.82, 2.24) is 14.3 Å². The van der Waals surface area contributed by atoms with Crippen molar-refractivity contribution in [3.63, 3.8) is 0 Å². The third-order valence-electron chi connectivity index (χ3n) is 4.24. The number of aromatic nitrogens is 2. The fraction of sp³-hybridized carbons (Fsp3) is 0.500. The molecule has 2 N–H and O–H groups in total. The predicted octanol–water partition coefficient (Wildman–Crippen LogP) is 2.33. The SMILES string of the molecule is Cl.NCCC1CCCN(Cc2cc(=O)n3cc(Cl)ccc3n2)C1. The van der Waals surface area contributed by atoms with Gasteiger partial charge in [-0.25, -0.2) is 4.98 Å². The Morgan fingerprint density at radius 1 is 1.39 bits per heavy atom. The summed E-state index contributed by atoms with van der Waals surface area (Å²) in [5.41, 5.74) is 7.04. The number of hydrogen-bond donors (Lipinski definition) is 1. The summed E-state index contributed by atoms with van der Waals surface area (Å²) in [4.78, 5) is 19.1. The number of fused-ring (bicyclic) bond motifs is 1. The number of halogens is 2. The largest absolute Gasteiger partial charge is 0.330 e. The molecule has 0 aliphatic carbocycles. The van der Waals surface area contributed by atoms with E-state index in [1.807, 2.05) is 0 Å². The van der Waals surface area contributed by atoms with Crippen LogP contribution in [0.15, 0.2) is 29.2 Å². The minimum absolute atomic E-state index is 0. The van der Waals surface area contributed by atoms with Gasteiger partial charge < -0.3 is 5.73 Å². The first-order chi connectivity index (χ1) is 10.7. The molecule has 1 unspecified atom stereocenters. The van der Waals surface area contributed by atoms with E-state index >= 15 is 0 Å². The van der Waals surface area contributed by atoms with Gasteiger partial charge in [-0.05, 0) is 50.4 Å². The normalized spacial score (nSPS) is 18.8. The summed E-state index contributed by atoms with van der Waals surface area (Å²) in [6, 6.07) is 5.14. The van der Waals surface area contributed by atoms with Crippen molar-refractivity contribution in [3.05, 3.63) is 45.5 Å². The minimum Gasteiger partial charge on any atom is -0.330 e. The fourth-order valence-corrected chi connectivity index (χ4v) is 3.36. The lowest BCUT2D eigenvalue weighted by atomic mass is 9.95. The molecule has 0 spiro atoms.